The van der Waals surface area contributed by atoms with Gasteiger partial charge in [-0.1, -0.05) is 30.3 Å². The minimum absolute atomic E-state index is 0.0296. The van der Waals surface area contributed by atoms with Crippen molar-refractivity contribution < 1.29 is 14.3 Å². The van der Waals surface area contributed by atoms with Crippen LogP contribution < -0.4 is 5.73 Å². The average Bonchev–Trinajstić information content (AvgIpc) is 3.25. The molecule has 1 fully saturated rings. The first-order chi connectivity index (χ1) is 11.6. The normalized spacial score (nSPS) is 17.2. The van der Waals surface area contributed by atoms with Gasteiger partial charge in [0.15, 0.2) is 0 Å². The van der Waals surface area contributed by atoms with Crippen molar-refractivity contribution in [2.24, 2.45) is 11.7 Å². The van der Waals surface area contributed by atoms with Crippen LogP contribution in [0, 0.1) is 5.92 Å². The highest BCUT2D eigenvalue weighted by atomic mass is 32.1. The minimum Gasteiger partial charge on any atom is -0.376 e. The van der Waals surface area contributed by atoms with Gasteiger partial charge in [-0.25, -0.2) is 0 Å². The van der Waals surface area contributed by atoms with Crippen LogP contribution in [0.25, 0.3) is 0 Å². The Morgan fingerprint density at radius 3 is 2.79 bits per heavy atom. The van der Waals surface area contributed by atoms with Crippen molar-refractivity contribution in [2.45, 2.75) is 13.0 Å². The maximum atomic E-state index is 12.5. The molecule has 2 heterocycles. The number of nitrogens with two attached hydrogens (primary N) is 1. The van der Waals surface area contributed by atoms with E-state index in [2.05, 4.69) is 0 Å². The summed E-state index contributed by atoms with van der Waals surface area (Å²) in [7, 11) is 0. The molecule has 0 radical (unpaired) electrons. The number of rotatable bonds is 6. The summed E-state index contributed by atoms with van der Waals surface area (Å²) in [5.74, 6) is -0.176. The Kier molecular flexibility index (Phi) is 5.27. The lowest BCUT2D eigenvalue weighted by atomic mass is 10.1. The summed E-state index contributed by atoms with van der Waals surface area (Å²) in [5.41, 5.74) is 6.78. The van der Waals surface area contributed by atoms with Gasteiger partial charge in [0.05, 0.1) is 23.7 Å². The molecule has 24 heavy (non-hydrogen) atoms. The van der Waals surface area contributed by atoms with Crippen molar-refractivity contribution >= 4 is 23.2 Å². The molecular formula is C18H20N2O3S. The lowest BCUT2D eigenvalue weighted by Crippen LogP contribution is -2.28. The van der Waals surface area contributed by atoms with Gasteiger partial charge in [-0.15, -0.1) is 11.3 Å². The predicted octanol–water partition coefficient (Wildman–Crippen LogP) is 2.53. The molecule has 3 rings (SSSR count). The molecule has 5 nitrogen and oxygen atoms in total. The topological polar surface area (TPSA) is 72.6 Å². The van der Waals surface area contributed by atoms with E-state index in [0.717, 1.165) is 18.5 Å². The van der Waals surface area contributed by atoms with E-state index in [-0.39, 0.29) is 5.91 Å². The second kappa shape index (κ2) is 7.59. The number of hydrogen-bond acceptors (Lipinski definition) is 4. The fourth-order valence-corrected chi connectivity index (χ4v) is 3.67. The zero-order valence-corrected chi connectivity index (χ0v) is 14.1. The number of amides is 2. The zero-order chi connectivity index (χ0) is 16.9. The number of benzene rings is 1. The van der Waals surface area contributed by atoms with Crippen molar-refractivity contribution in [1.29, 1.82) is 0 Å². The molecular weight excluding hydrogens is 324 g/mol. The summed E-state index contributed by atoms with van der Waals surface area (Å²) in [6.45, 7) is 2.66. The van der Waals surface area contributed by atoms with Crippen LogP contribution in [0.2, 0.25) is 0 Å². The van der Waals surface area contributed by atoms with Crippen molar-refractivity contribution in [1.82, 2.24) is 4.90 Å². The van der Waals surface area contributed by atoms with E-state index < -0.39 is 5.91 Å². The smallest absolute Gasteiger partial charge is 0.263 e. The Morgan fingerprint density at radius 2 is 2.08 bits per heavy atom. The molecule has 2 amide bonds. The van der Waals surface area contributed by atoms with Gasteiger partial charge in [0, 0.05) is 24.4 Å². The van der Waals surface area contributed by atoms with Gasteiger partial charge in [0.1, 0.15) is 0 Å². The van der Waals surface area contributed by atoms with Crippen LogP contribution in [0.5, 0.6) is 0 Å². The molecule has 6 heteroatoms. The number of likely N-dealkylation sites (tertiary alicyclic amines) is 1. The van der Waals surface area contributed by atoms with E-state index in [9.17, 15) is 9.59 Å². The zero-order valence-electron chi connectivity index (χ0n) is 13.3. The SMILES string of the molecule is NC(=O)c1csc(C(=O)N2CC[C@H](COCc3ccccc3)C2)c1. The number of primary amides is 1. The number of nitrogens with zero attached hydrogens (tertiary/aromatic N) is 1. The molecule has 1 atom stereocenters. The van der Waals surface area contributed by atoms with E-state index in [0.29, 0.717) is 36.1 Å². The highest BCUT2D eigenvalue weighted by Crippen LogP contribution is 2.22. The van der Waals surface area contributed by atoms with Crippen LogP contribution in [0.1, 0.15) is 32.0 Å². The van der Waals surface area contributed by atoms with E-state index in [4.69, 9.17) is 10.5 Å². The molecule has 126 valence electrons. The molecule has 0 unspecified atom stereocenters. The summed E-state index contributed by atoms with van der Waals surface area (Å²) in [5, 5.41) is 1.63. The predicted molar refractivity (Wildman–Crippen MR) is 92.9 cm³/mol. The van der Waals surface area contributed by atoms with Gasteiger partial charge in [0.2, 0.25) is 5.91 Å². The van der Waals surface area contributed by atoms with Crippen LogP contribution >= 0.6 is 11.3 Å². The van der Waals surface area contributed by atoms with Crippen LogP contribution in [0.15, 0.2) is 41.8 Å². The van der Waals surface area contributed by atoms with Crippen LogP contribution in [0.3, 0.4) is 0 Å². The Hall–Kier alpha value is -2.18. The Balaban J connectivity index is 1.47. The standard InChI is InChI=1S/C18H20N2O3S/c19-17(21)15-8-16(24-12-15)18(22)20-7-6-14(9-20)11-23-10-13-4-2-1-3-5-13/h1-5,8,12,14H,6-7,9-11H2,(H2,19,21)/t14-/m0/s1. The highest BCUT2D eigenvalue weighted by molar-refractivity contribution is 7.12. The van der Waals surface area contributed by atoms with Crippen molar-refractivity contribution in [3.05, 3.63) is 57.8 Å². The molecule has 2 N–H and O–H groups in total. The molecule has 2 aromatic rings. The first-order valence-electron chi connectivity index (χ1n) is 7.93. The molecule has 1 aromatic heterocycles. The summed E-state index contributed by atoms with van der Waals surface area (Å²) in [6.07, 6.45) is 0.939. The molecule has 0 saturated carbocycles. The first kappa shape index (κ1) is 16.7. The Bertz CT molecular complexity index is 714. The minimum atomic E-state index is -0.501. The quantitative estimate of drug-likeness (QED) is 0.875. The number of ether oxygens (including phenoxy) is 1. The average molecular weight is 344 g/mol. The monoisotopic (exact) mass is 344 g/mol. The lowest BCUT2D eigenvalue weighted by Gasteiger charge is -2.15. The number of hydrogen-bond donors (Lipinski definition) is 1. The first-order valence-corrected chi connectivity index (χ1v) is 8.80. The van der Waals surface area contributed by atoms with Crippen LogP contribution in [-0.2, 0) is 11.3 Å². The second-order valence-corrected chi connectivity index (χ2v) is 6.88. The van der Waals surface area contributed by atoms with Crippen molar-refractivity contribution in [3.63, 3.8) is 0 Å². The number of carbonyl (C=O) groups is 2. The van der Waals surface area contributed by atoms with Gasteiger partial charge in [0.25, 0.3) is 5.91 Å². The lowest BCUT2D eigenvalue weighted by molar-refractivity contribution is 0.0737. The molecule has 1 aliphatic heterocycles. The molecule has 0 spiro atoms. The number of thiophene rings is 1. The molecule has 1 aliphatic rings. The number of carbonyl (C=O) groups excluding carboxylic acids is 2. The third-order valence-corrected chi connectivity index (χ3v) is 5.05. The Morgan fingerprint density at radius 1 is 1.29 bits per heavy atom. The van der Waals surface area contributed by atoms with Crippen LogP contribution in [-0.4, -0.2) is 36.4 Å². The Labute approximate surface area is 145 Å². The molecule has 0 bridgehead atoms. The fourth-order valence-electron chi connectivity index (χ4n) is 2.80. The summed E-state index contributed by atoms with van der Waals surface area (Å²) >= 11 is 1.27. The molecule has 0 aliphatic carbocycles. The maximum Gasteiger partial charge on any atom is 0.263 e. The van der Waals surface area contributed by atoms with E-state index in [1.165, 1.54) is 11.3 Å². The third kappa shape index (κ3) is 4.01. The highest BCUT2D eigenvalue weighted by Gasteiger charge is 2.28. The van der Waals surface area contributed by atoms with Crippen LogP contribution in [0.4, 0.5) is 0 Å². The van der Waals surface area contributed by atoms with Gasteiger partial charge < -0.3 is 15.4 Å². The molecule has 1 aromatic carbocycles. The largest absolute Gasteiger partial charge is 0.376 e. The summed E-state index contributed by atoms with van der Waals surface area (Å²) in [6, 6.07) is 11.6. The van der Waals surface area contributed by atoms with Gasteiger partial charge >= 0.3 is 0 Å². The van der Waals surface area contributed by atoms with Gasteiger partial charge in [-0.3, -0.25) is 9.59 Å². The molecule has 1 saturated heterocycles. The third-order valence-electron chi connectivity index (χ3n) is 4.13. The van der Waals surface area contributed by atoms with Crippen molar-refractivity contribution in [3.8, 4) is 0 Å². The van der Waals surface area contributed by atoms with Gasteiger partial charge in [-0.05, 0) is 18.1 Å². The van der Waals surface area contributed by atoms with E-state index in [1.54, 1.807) is 11.4 Å². The van der Waals surface area contributed by atoms with Crippen molar-refractivity contribution in [2.75, 3.05) is 19.7 Å². The summed E-state index contributed by atoms with van der Waals surface area (Å²) < 4.78 is 5.78. The van der Waals surface area contributed by atoms with E-state index >= 15 is 0 Å². The summed E-state index contributed by atoms with van der Waals surface area (Å²) in [4.78, 5) is 26.0. The second-order valence-electron chi connectivity index (χ2n) is 5.97. The fraction of sp³-hybridized carbons (Fsp3) is 0.333. The van der Waals surface area contributed by atoms with E-state index in [1.807, 2.05) is 35.2 Å². The maximum absolute atomic E-state index is 12.5. The van der Waals surface area contributed by atoms with Gasteiger partial charge in [-0.2, -0.15) is 0 Å².